The summed E-state index contributed by atoms with van der Waals surface area (Å²) in [6.45, 7) is 4.63. The molecule has 0 bridgehead atoms. The maximum atomic E-state index is 12.1. The Morgan fingerprint density at radius 2 is 2.04 bits per heavy atom. The second-order valence-corrected chi connectivity index (χ2v) is 6.12. The van der Waals surface area contributed by atoms with Crippen molar-refractivity contribution in [3.8, 4) is 5.75 Å². The van der Waals surface area contributed by atoms with Crippen molar-refractivity contribution in [1.82, 2.24) is 0 Å². The number of fused-ring (bicyclic) bond motifs is 1. The Hall–Kier alpha value is -2.08. The molecule has 23 heavy (non-hydrogen) atoms. The molecule has 1 amide bonds. The van der Waals surface area contributed by atoms with E-state index < -0.39 is 11.3 Å². The third-order valence-corrected chi connectivity index (χ3v) is 3.40. The van der Waals surface area contributed by atoms with Crippen LogP contribution < -0.4 is 9.64 Å². The molecule has 0 saturated carbocycles. The van der Waals surface area contributed by atoms with Gasteiger partial charge in [-0.2, -0.15) is 0 Å². The lowest BCUT2D eigenvalue weighted by atomic mass is 10.1. The van der Waals surface area contributed by atoms with Gasteiger partial charge in [-0.05, 0) is 39.0 Å². The third kappa shape index (κ3) is 4.01. The number of carbonyl (C=O) groups excluding carboxylic acids is 3. The third-order valence-electron chi connectivity index (χ3n) is 3.20. The molecule has 0 aliphatic carbocycles. The maximum absolute atomic E-state index is 12.1. The van der Waals surface area contributed by atoms with Crippen molar-refractivity contribution >= 4 is 34.9 Å². The van der Waals surface area contributed by atoms with E-state index in [1.807, 2.05) is 0 Å². The first-order valence-corrected chi connectivity index (χ1v) is 7.68. The summed E-state index contributed by atoms with van der Waals surface area (Å²) in [6, 6.07) is 4.69. The van der Waals surface area contributed by atoms with Crippen LogP contribution in [0.25, 0.3) is 0 Å². The van der Waals surface area contributed by atoms with E-state index in [-0.39, 0.29) is 30.9 Å². The SMILES string of the molecule is CC(C)OC(=O)CN1C(=O)COc2ccc(C(=O)C(C)Cl)cc21. The molecule has 0 N–H and O–H groups in total. The molecule has 1 aromatic carbocycles. The van der Waals surface area contributed by atoms with E-state index in [0.29, 0.717) is 17.0 Å². The topological polar surface area (TPSA) is 72.9 Å². The number of anilines is 1. The van der Waals surface area contributed by atoms with Gasteiger partial charge in [0.05, 0.1) is 17.2 Å². The Morgan fingerprint density at radius 3 is 2.65 bits per heavy atom. The van der Waals surface area contributed by atoms with Crippen LogP contribution in [0.1, 0.15) is 31.1 Å². The van der Waals surface area contributed by atoms with Crippen molar-refractivity contribution in [1.29, 1.82) is 0 Å². The number of ether oxygens (including phenoxy) is 2. The van der Waals surface area contributed by atoms with E-state index in [9.17, 15) is 14.4 Å². The van der Waals surface area contributed by atoms with Crippen LogP contribution in [-0.2, 0) is 14.3 Å². The van der Waals surface area contributed by atoms with Gasteiger partial charge in [0.15, 0.2) is 12.4 Å². The Bertz CT molecular complexity index is 641. The number of Topliss-reactive ketones (excluding diaryl/α,β-unsaturated/α-hetero) is 1. The molecule has 7 heteroatoms. The van der Waals surface area contributed by atoms with Crippen molar-refractivity contribution in [2.24, 2.45) is 0 Å². The van der Waals surface area contributed by atoms with E-state index in [2.05, 4.69) is 0 Å². The van der Waals surface area contributed by atoms with Gasteiger partial charge in [-0.1, -0.05) is 0 Å². The first-order valence-electron chi connectivity index (χ1n) is 7.24. The predicted molar refractivity (Wildman–Crippen MR) is 85.2 cm³/mol. The summed E-state index contributed by atoms with van der Waals surface area (Å²) in [7, 11) is 0. The number of carbonyl (C=O) groups is 3. The van der Waals surface area contributed by atoms with Gasteiger partial charge in [-0.3, -0.25) is 19.3 Å². The standard InChI is InChI=1S/C16H18ClNO5/c1-9(2)23-15(20)7-18-12-6-11(16(21)10(3)17)4-5-13(12)22-8-14(18)19/h4-6,9-10H,7-8H2,1-3H3. The highest BCUT2D eigenvalue weighted by Gasteiger charge is 2.29. The van der Waals surface area contributed by atoms with Crippen LogP contribution in [0.5, 0.6) is 5.75 Å². The van der Waals surface area contributed by atoms with Crippen molar-refractivity contribution in [2.45, 2.75) is 32.3 Å². The maximum Gasteiger partial charge on any atom is 0.326 e. The smallest absolute Gasteiger partial charge is 0.326 e. The molecule has 1 unspecified atom stereocenters. The van der Waals surface area contributed by atoms with E-state index in [1.165, 1.54) is 11.0 Å². The summed E-state index contributed by atoms with van der Waals surface area (Å²) in [5.74, 6) is -0.733. The van der Waals surface area contributed by atoms with Crippen molar-refractivity contribution in [2.75, 3.05) is 18.1 Å². The monoisotopic (exact) mass is 339 g/mol. The number of halogens is 1. The minimum Gasteiger partial charge on any atom is -0.482 e. The molecule has 1 aromatic rings. The quantitative estimate of drug-likeness (QED) is 0.467. The lowest BCUT2D eigenvalue weighted by Crippen LogP contribution is -2.43. The lowest BCUT2D eigenvalue weighted by Gasteiger charge is -2.29. The number of rotatable bonds is 5. The van der Waals surface area contributed by atoms with E-state index in [1.54, 1.807) is 32.9 Å². The van der Waals surface area contributed by atoms with Crippen LogP contribution in [0, 0.1) is 0 Å². The molecule has 124 valence electrons. The molecule has 1 aliphatic rings. The highest BCUT2D eigenvalue weighted by Crippen LogP contribution is 2.33. The van der Waals surface area contributed by atoms with Gasteiger partial charge in [0.25, 0.3) is 5.91 Å². The molecule has 0 radical (unpaired) electrons. The first-order chi connectivity index (χ1) is 10.8. The molecular weight excluding hydrogens is 322 g/mol. The molecule has 0 fully saturated rings. The number of benzene rings is 1. The highest BCUT2D eigenvalue weighted by molar-refractivity contribution is 6.33. The van der Waals surface area contributed by atoms with Crippen LogP contribution in [0.3, 0.4) is 0 Å². The molecule has 1 heterocycles. The van der Waals surface area contributed by atoms with Crippen LogP contribution in [0.2, 0.25) is 0 Å². The summed E-state index contributed by atoms with van der Waals surface area (Å²) < 4.78 is 10.4. The van der Waals surface area contributed by atoms with Crippen molar-refractivity contribution in [3.05, 3.63) is 23.8 Å². The molecule has 0 aromatic heterocycles. The summed E-state index contributed by atoms with van der Waals surface area (Å²) in [6.07, 6.45) is -0.275. The van der Waals surface area contributed by atoms with Crippen LogP contribution in [0.15, 0.2) is 18.2 Å². The molecule has 0 spiro atoms. The van der Waals surface area contributed by atoms with Gasteiger partial charge < -0.3 is 9.47 Å². The van der Waals surface area contributed by atoms with Crippen molar-refractivity contribution < 1.29 is 23.9 Å². The number of amides is 1. The molecule has 1 aliphatic heterocycles. The van der Waals surface area contributed by atoms with E-state index in [4.69, 9.17) is 21.1 Å². The van der Waals surface area contributed by atoms with Crippen molar-refractivity contribution in [3.63, 3.8) is 0 Å². The number of ketones is 1. The fourth-order valence-corrected chi connectivity index (χ4v) is 2.31. The first kappa shape index (κ1) is 17.3. The summed E-state index contributed by atoms with van der Waals surface area (Å²) in [5.41, 5.74) is 0.719. The summed E-state index contributed by atoms with van der Waals surface area (Å²) >= 11 is 5.82. The van der Waals surface area contributed by atoms with Gasteiger partial charge in [0.2, 0.25) is 0 Å². The van der Waals surface area contributed by atoms with Crippen LogP contribution >= 0.6 is 11.6 Å². The Labute approximate surface area is 139 Å². The predicted octanol–water partition coefficient (Wildman–Crippen LogP) is 2.17. The fraction of sp³-hybridized carbons (Fsp3) is 0.438. The number of nitrogens with zero attached hydrogens (tertiary/aromatic N) is 1. The van der Waals surface area contributed by atoms with Gasteiger partial charge in [0.1, 0.15) is 12.3 Å². The Kier molecular flexibility index (Phi) is 5.26. The number of alkyl halides is 1. The average molecular weight is 340 g/mol. The molecule has 0 saturated heterocycles. The fourth-order valence-electron chi connectivity index (χ4n) is 2.19. The number of hydrogen-bond acceptors (Lipinski definition) is 5. The van der Waals surface area contributed by atoms with Gasteiger partial charge in [0, 0.05) is 5.56 Å². The Balaban J connectivity index is 2.32. The van der Waals surface area contributed by atoms with Gasteiger partial charge in [-0.25, -0.2) is 0 Å². The number of esters is 1. The summed E-state index contributed by atoms with van der Waals surface area (Å²) in [5, 5.41) is -0.687. The molecular formula is C16H18ClNO5. The minimum absolute atomic E-state index is 0.166. The van der Waals surface area contributed by atoms with Gasteiger partial charge >= 0.3 is 5.97 Å². The molecule has 1 atom stereocenters. The second kappa shape index (κ2) is 7.00. The zero-order chi connectivity index (χ0) is 17.1. The summed E-state index contributed by atoms with van der Waals surface area (Å²) in [4.78, 5) is 37.2. The lowest BCUT2D eigenvalue weighted by molar-refractivity contribution is -0.146. The minimum atomic E-state index is -0.687. The van der Waals surface area contributed by atoms with E-state index in [0.717, 1.165) is 0 Å². The second-order valence-electron chi connectivity index (χ2n) is 5.47. The largest absolute Gasteiger partial charge is 0.482 e. The zero-order valence-electron chi connectivity index (χ0n) is 13.2. The molecule has 6 nitrogen and oxygen atoms in total. The normalized spacial score (nSPS) is 15.0. The molecule has 2 rings (SSSR count). The van der Waals surface area contributed by atoms with E-state index >= 15 is 0 Å². The number of hydrogen-bond donors (Lipinski definition) is 0. The van der Waals surface area contributed by atoms with Gasteiger partial charge in [-0.15, -0.1) is 11.6 Å². The van der Waals surface area contributed by atoms with Crippen LogP contribution in [0.4, 0.5) is 5.69 Å². The van der Waals surface area contributed by atoms with Crippen LogP contribution in [-0.4, -0.2) is 42.3 Å². The average Bonchev–Trinajstić information content (AvgIpc) is 2.48. The highest BCUT2D eigenvalue weighted by atomic mass is 35.5. The zero-order valence-corrected chi connectivity index (χ0v) is 13.9. The Morgan fingerprint density at radius 1 is 1.35 bits per heavy atom.